The smallest absolute Gasteiger partial charge is 0.311 e. The van der Waals surface area contributed by atoms with Gasteiger partial charge in [-0.25, -0.2) is 4.98 Å². The third-order valence-corrected chi connectivity index (χ3v) is 6.84. The molecule has 0 saturated carbocycles. The first kappa shape index (κ1) is 22.6. The van der Waals surface area contributed by atoms with Crippen molar-refractivity contribution in [3.05, 3.63) is 68.5 Å². The van der Waals surface area contributed by atoms with Gasteiger partial charge in [-0.05, 0) is 31.2 Å². The molecule has 0 radical (unpaired) electrons. The molecular weight excluding hydrogens is 516 g/mol. The molecule has 2 heterocycles. The number of ketones is 1. The van der Waals surface area contributed by atoms with Crippen molar-refractivity contribution in [3.8, 4) is 11.3 Å². The molecule has 0 spiro atoms. The van der Waals surface area contributed by atoms with Crippen LogP contribution in [-0.4, -0.2) is 35.8 Å². The topological polar surface area (TPSA) is 76.6 Å². The van der Waals surface area contributed by atoms with E-state index in [2.05, 4.69) is 20.9 Å². The number of aryl methyl sites for hydroxylation is 1. The van der Waals surface area contributed by atoms with Crippen LogP contribution in [0.5, 0.6) is 0 Å². The van der Waals surface area contributed by atoms with Crippen LogP contribution in [0.15, 0.2) is 53.0 Å². The average Bonchev–Trinajstić information content (AvgIpc) is 3.35. The van der Waals surface area contributed by atoms with Crippen LogP contribution in [0.2, 0.25) is 5.02 Å². The summed E-state index contributed by atoms with van der Waals surface area (Å²) in [6.07, 6.45) is 0.0242. The first-order valence-electron chi connectivity index (χ1n) is 9.81. The Morgan fingerprint density at radius 1 is 1.25 bits per heavy atom. The Hall–Kier alpha value is -2.55. The molecule has 0 N–H and O–H groups in total. The molecule has 1 aliphatic rings. The van der Waals surface area contributed by atoms with Crippen molar-refractivity contribution < 1.29 is 19.1 Å². The normalized spacial score (nSPS) is 15.8. The van der Waals surface area contributed by atoms with Crippen molar-refractivity contribution in [2.45, 2.75) is 13.3 Å². The summed E-state index contributed by atoms with van der Waals surface area (Å²) < 4.78 is 6.06. The Bertz CT molecular complexity index is 1190. The summed E-state index contributed by atoms with van der Waals surface area (Å²) >= 11 is 10.8. The minimum atomic E-state index is -0.640. The van der Waals surface area contributed by atoms with Gasteiger partial charge in [0, 0.05) is 38.5 Å². The number of aromatic nitrogens is 1. The molecule has 32 heavy (non-hydrogen) atoms. The molecule has 0 unspecified atom stereocenters. The van der Waals surface area contributed by atoms with Gasteiger partial charge in [-0.2, -0.15) is 0 Å². The van der Waals surface area contributed by atoms with Crippen LogP contribution in [0.25, 0.3) is 11.3 Å². The lowest BCUT2D eigenvalue weighted by Crippen LogP contribution is -2.27. The number of nitrogens with zero attached hydrogens (tertiary/aromatic N) is 2. The zero-order valence-corrected chi connectivity index (χ0v) is 20.2. The summed E-state index contributed by atoms with van der Waals surface area (Å²) in [5, 5.41) is 1.14. The van der Waals surface area contributed by atoms with Crippen LogP contribution < -0.4 is 4.90 Å². The molecule has 0 aliphatic carbocycles. The fourth-order valence-electron chi connectivity index (χ4n) is 3.43. The zero-order valence-electron chi connectivity index (χ0n) is 17.0. The van der Waals surface area contributed by atoms with Crippen LogP contribution >= 0.6 is 38.9 Å². The zero-order chi connectivity index (χ0) is 22.8. The van der Waals surface area contributed by atoms with Crippen molar-refractivity contribution in [1.29, 1.82) is 0 Å². The predicted molar refractivity (Wildman–Crippen MR) is 127 cm³/mol. The summed E-state index contributed by atoms with van der Waals surface area (Å²) in [6.45, 7) is 1.74. The highest BCUT2D eigenvalue weighted by atomic mass is 79.9. The van der Waals surface area contributed by atoms with Crippen molar-refractivity contribution in [2.24, 2.45) is 5.92 Å². The molecule has 2 aromatic carbocycles. The van der Waals surface area contributed by atoms with Crippen LogP contribution in [0.3, 0.4) is 0 Å². The highest BCUT2D eigenvalue weighted by Crippen LogP contribution is 2.36. The lowest BCUT2D eigenvalue weighted by Gasteiger charge is -2.12. The summed E-state index contributed by atoms with van der Waals surface area (Å²) in [6, 6.07) is 14.2. The maximum atomic E-state index is 12.6. The van der Waals surface area contributed by atoms with Crippen molar-refractivity contribution in [2.75, 3.05) is 18.1 Å². The largest absolute Gasteiger partial charge is 0.457 e. The van der Waals surface area contributed by atoms with Crippen molar-refractivity contribution in [1.82, 2.24) is 4.98 Å². The van der Waals surface area contributed by atoms with E-state index in [1.54, 1.807) is 30.3 Å². The highest BCUT2D eigenvalue weighted by Gasteiger charge is 2.38. The van der Waals surface area contributed by atoms with Crippen molar-refractivity contribution in [3.63, 3.8) is 0 Å². The van der Waals surface area contributed by atoms with E-state index in [1.807, 2.05) is 25.1 Å². The standard InChI is InChI=1S/C23H18BrClN2O4S/c1-13-21(15-3-2-4-18(25)9-15)26-23(32-13)27-11-16(10-20(27)29)22(30)31-12-19(28)14-5-7-17(24)8-6-14/h2-9,16H,10-12H2,1H3/t16-/m0/s1. The van der Waals surface area contributed by atoms with Gasteiger partial charge in [0.2, 0.25) is 5.91 Å². The minimum absolute atomic E-state index is 0.0242. The number of anilines is 1. The molecular formula is C23H18BrClN2O4S. The maximum absolute atomic E-state index is 12.6. The van der Waals surface area contributed by atoms with Gasteiger partial charge < -0.3 is 4.74 Å². The number of carbonyl (C=O) groups is 3. The van der Waals surface area contributed by atoms with Gasteiger partial charge >= 0.3 is 5.97 Å². The lowest BCUT2D eigenvalue weighted by atomic mass is 10.1. The quantitative estimate of drug-likeness (QED) is 0.317. The lowest BCUT2D eigenvalue weighted by molar-refractivity contribution is -0.147. The Balaban J connectivity index is 1.41. The predicted octanol–water partition coefficient (Wildman–Crippen LogP) is 5.31. The van der Waals surface area contributed by atoms with Gasteiger partial charge in [0.1, 0.15) is 0 Å². The monoisotopic (exact) mass is 532 g/mol. The first-order chi connectivity index (χ1) is 15.3. The van der Waals surface area contributed by atoms with E-state index in [-0.39, 0.29) is 31.3 Å². The fraction of sp³-hybridized carbons (Fsp3) is 0.217. The first-order valence-corrected chi connectivity index (χ1v) is 11.8. The average molecular weight is 534 g/mol. The molecule has 3 aromatic rings. The van der Waals surface area contributed by atoms with Crippen molar-refractivity contribution >= 4 is 61.7 Å². The second kappa shape index (κ2) is 9.52. The Morgan fingerprint density at radius 2 is 2.00 bits per heavy atom. The molecule has 164 valence electrons. The molecule has 1 aliphatic heterocycles. The third-order valence-electron chi connectivity index (χ3n) is 5.08. The summed E-state index contributed by atoms with van der Waals surface area (Å²) in [7, 11) is 0. The number of amides is 1. The summed E-state index contributed by atoms with van der Waals surface area (Å²) in [4.78, 5) is 44.4. The van der Waals surface area contributed by atoms with E-state index >= 15 is 0 Å². The number of benzene rings is 2. The second-order valence-corrected chi connectivity index (χ2v) is 9.89. The van der Waals surface area contributed by atoms with E-state index < -0.39 is 11.9 Å². The van der Waals surface area contributed by atoms with Crippen LogP contribution in [0, 0.1) is 12.8 Å². The third kappa shape index (κ3) is 4.92. The van der Waals surface area contributed by atoms with Gasteiger partial charge in [0.25, 0.3) is 0 Å². The number of thiazole rings is 1. The molecule has 6 nitrogen and oxygen atoms in total. The Morgan fingerprint density at radius 3 is 2.72 bits per heavy atom. The summed E-state index contributed by atoms with van der Waals surface area (Å²) in [5.41, 5.74) is 2.08. The van der Waals surface area contributed by atoms with Gasteiger partial charge in [-0.15, -0.1) is 11.3 Å². The molecule has 9 heteroatoms. The number of ether oxygens (including phenoxy) is 1. The van der Waals surface area contributed by atoms with Gasteiger partial charge in [0.15, 0.2) is 17.5 Å². The van der Waals surface area contributed by atoms with Crippen LogP contribution in [-0.2, 0) is 14.3 Å². The number of carbonyl (C=O) groups excluding carboxylic acids is 3. The fourth-order valence-corrected chi connectivity index (χ4v) is 4.84. The molecule has 1 amide bonds. The van der Waals surface area contributed by atoms with Crippen LogP contribution in [0.4, 0.5) is 5.13 Å². The highest BCUT2D eigenvalue weighted by molar-refractivity contribution is 9.10. The number of rotatable bonds is 6. The van der Waals surface area contributed by atoms with E-state index in [0.29, 0.717) is 15.7 Å². The Kier molecular flexibility index (Phi) is 6.74. The van der Waals surface area contributed by atoms with E-state index in [4.69, 9.17) is 16.3 Å². The number of Topliss-reactive ketones (excluding diaryl/α,β-unsaturated/α-hetero) is 1. The van der Waals surface area contributed by atoms with E-state index in [0.717, 1.165) is 20.6 Å². The minimum Gasteiger partial charge on any atom is -0.457 e. The van der Waals surface area contributed by atoms with Gasteiger partial charge in [-0.1, -0.05) is 51.8 Å². The second-order valence-electron chi connectivity index (χ2n) is 7.35. The number of halogens is 2. The van der Waals surface area contributed by atoms with Gasteiger partial charge in [0.05, 0.1) is 11.6 Å². The molecule has 1 saturated heterocycles. The van der Waals surface area contributed by atoms with Crippen LogP contribution in [0.1, 0.15) is 21.7 Å². The molecule has 1 aromatic heterocycles. The number of hydrogen-bond acceptors (Lipinski definition) is 6. The SMILES string of the molecule is Cc1sc(N2C[C@@H](C(=O)OCC(=O)c3ccc(Br)cc3)CC2=O)nc1-c1cccc(Cl)c1. The molecule has 0 bridgehead atoms. The number of esters is 1. The van der Waals surface area contributed by atoms with E-state index in [1.165, 1.54) is 16.2 Å². The van der Waals surface area contributed by atoms with Gasteiger partial charge in [-0.3, -0.25) is 19.3 Å². The maximum Gasteiger partial charge on any atom is 0.311 e. The number of hydrogen-bond donors (Lipinski definition) is 0. The van der Waals surface area contributed by atoms with E-state index in [9.17, 15) is 14.4 Å². The molecule has 1 fully saturated rings. The summed E-state index contributed by atoms with van der Waals surface area (Å²) in [5.74, 6) is -1.69. The molecule has 4 rings (SSSR count). The molecule has 1 atom stereocenters. The Labute approximate surface area is 202 Å².